The van der Waals surface area contributed by atoms with Gasteiger partial charge >= 0.3 is 6.09 Å². The third kappa shape index (κ3) is 6.01. The van der Waals surface area contributed by atoms with E-state index in [1.54, 1.807) is 48.5 Å². The Morgan fingerprint density at radius 3 is 2.63 bits per heavy atom. The molecule has 2 N–H and O–H groups in total. The maximum atomic E-state index is 13.3. The van der Waals surface area contributed by atoms with Crippen LogP contribution in [0.15, 0.2) is 66.0 Å². The molecule has 182 valence electrons. The van der Waals surface area contributed by atoms with Crippen LogP contribution in [0.5, 0.6) is 0 Å². The number of carbonyl (C=O) groups is 3. The van der Waals surface area contributed by atoms with Gasteiger partial charge in [0.15, 0.2) is 12.1 Å². The van der Waals surface area contributed by atoms with E-state index in [1.807, 2.05) is 31.4 Å². The van der Waals surface area contributed by atoms with Crippen molar-refractivity contribution in [1.29, 1.82) is 0 Å². The minimum Gasteiger partial charge on any atom is -0.438 e. The largest absolute Gasteiger partial charge is 0.438 e. The Morgan fingerprint density at radius 2 is 1.91 bits per heavy atom. The summed E-state index contributed by atoms with van der Waals surface area (Å²) in [5, 5.41) is 8.17. The topological polar surface area (TPSA) is 87.7 Å². The van der Waals surface area contributed by atoms with Crippen LogP contribution >= 0.6 is 22.9 Å². The Morgan fingerprint density at radius 1 is 1.11 bits per heavy atom. The third-order valence-electron chi connectivity index (χ3n) is 5.50. The molecule has 3 amide bonds. The molecule has 2 heterocycles. The van der Waals surface area contributed by atoms with Crippen LogP contribution in [0, 0.1) is 5.92 Å². The number of amides is 3. The van der Waals surface area contributed by atoms with Crippen LogP contribution in [0.1, 0.15) is 40.8 Å². The lowest BCUT2D eigenvalue weighted by atomic mass is 10.00. The number of thiophene rings is 1. The van der Waals surface area contributed by atoms with Crippen molar-refractivity contribution in [1.82, 2.24) is 10.2 Å². The smallest absolute Gasteiger partial charge is 0.411 e. The van der Waals surface area contributed by atoms with Crippen molar-refractivity contribution < 1.29 is 19.1 Å². The van der Waals surface area contributed by atoms with Crippen LogP contribution in [0.25, 0.3) is 0 Å². The fourth-order valence-electron chi connectivity index (χ4n) is 3.85. The van der Waals surface area contributed by atoms with Gasteiger partial charge in [-0.2, -0.15) is 0 Å². The van der Waals surface area contributed by atoms with E-state index in [0.717, 1.165) is 5.56 Å². The van der Waals surface area contributed by atoms with E-state index in [4.69, 9.17) is 16.3 Å². The van der Waals surface area contributed by atoms with E-state index < -0.39 is 18.2 Å². The van der Waals surface area contributed by atoms with Crippen LogP contribution in [0.4, 0.5) is 10.5 Å². The van der Waals surface area contributed by atoms with Gasteiger partial charge in [-0.3, -0.25) is 14.5 Å². The highest BCUT2D eigenvalue weighted by atomic mass is 35.5. The van der Waals surface area contributed by atoms with Gasteiger partial charge in [0.2, 0.25) is 5.91 Å². The molecular weight excluding hydrogens is 486 g/mol. The fraction of sp³-hybridized carbons (Fsp3) is 0.269. The third-order valence-corrected chi connectivity index (χ3v) is 6.60. The number of rotatable bonds is 8. The summed E-state index contributed by atoms with van der Waals surface area (Å²) < 4.78 is 5.72. The van der Waals surface area contributed by atoms with Gasteiger partial charge in [-0.15, -0.1) is 11.3 Å². The van der Waals surface area contributed by atoms with Crippen molar-refractivity contribution in [2.24, 2.45) is 5.92 Å². The summed E-state index contributed by atoms with van der Waals surface area (Å²) >= 11 is 7.47. The standard InChI is InChI=1S/C26H26ClN3O4S/c1-16(2)14-28-25(32)22-23(34-26(33)30(22)15-17-6-3-8-19(27)12-17)18-7-4-9-20(13-18)29-24(31)21-10-5-11-35-21/h3-13,16,22-23H,14-15H2,1-2H3,(H,28,32)(H,29,31)/t22-,23+/m1/s1. The van der Waals surface area contributed by atoms with Crippen molar-refractivity contribution in [3.05, 3.63) is 87.1 Å². The highest BCUT2D eigenvalue weighted by molar-refractivity contribution is 7.12. The van der Waals surface area contributed by atoms with E-state index in [1.165, 1.54) is 16.2 Å². The lowest BCUT2D eigenvalue weighted by Gasteiger charge is -2.25. The van der Waals surface area contributed by atoms with E-state index in [-0.39, 0.29) is 24.3 Å². The molecule has 0 unspecified atom stereocenters. The average Bonchev–Trinajstić information content (AvgIpc) is 3.47. The lowest BCUT2D eigenvalue weighted by molar-refractivity contribution is -0.126. The monoisotopic (exact) mass is 511 g/mol. The Balaban J connectivity index is 1.61. The zero-order valence-corrected chi connectivity index (χ0v) is 20.9. The Labute approximate surface area is 213 Å². The van der Waals surface area contributed by atoms with Gasteiger partial charge in [-0.1, -0.05) is 55.8 Å². The van der Waals surface area contributed by atoms with E-state index in [2.05, 4.69) is 10.6 Å². The van der Waals surface area contributed by atoms with Gasteiger partial charge < -0.3 is 15.4 Å². The quantitative estimate of drug-likeness (QED) is 0.418. The Kier molecular flexibility index (Phi) is 7.73. The zero-order valence-electron chi connectivity index (χ0n) is 19.4. The number of halogens is 1. The average molecular weight is 512 g/mol. The molecule has 35 heavy (non-hydrogen) atoms. The Bertz CT molecular complexity index is 1210. The molecule has 1 fully saturated rings. The van der Waals surface area contributed by atoms with Crippen LogP contribution < -0.4 is 10.6 Å². The zero-order chi connectivity index (χ0) is 24.9. The molecule has 1 aliphatic rings. The second-order valence-corrected chi connectivity index (χ2v) is 10.1. The highest BCUT2D eigenvalue weighted by Crippen LogP contribution is 2.35. The van der Waals surface area contributed by atoms with Crippen molar-refractivity contribution in [2.75, 3.05) is 11.9 Å². The van der Waals surface area contributed by atoms with Gasteiger partial charge in [0, 0.05) is 17.3 Å². The summed E-state index contributed by atoms with van der Waals surface area (Å²) in [4.78, 5) is 40.7. The molecule has 2 aromatic carbocycles. The maximum Gasteiger partial charge on any atom is 0.411 e. The van der Waals surface area contributed by atoms with Crippen LogP contribution in [0.3, 0.4) is 0 Å². The summed E-state index contributed by atoms with van der Waals surface area (Å²) in [5.41, 5.74) is 1.95. The number of carbonyl (C=O) groups excluding carboxylic acids is 3. The van der Waals surface area contributed by atoms with E-state index in [0.29, 0.717) is 27.7 Å². The molecule has 4 rings (SSSR count). The molecule has 1 aromatic heterocycles. The molecule has 0 bridgehead atoms. The van der Waals surface area contributed by atoms with Crippen LogP contribution in [-0.4, -0.2) is 35.4 Å². The number of ether oxygens (including phenoxy) is 1. The second-order valence-electron chi connectivity index (χ2n) is 8.70. The molecule has 3 aromatic rings. The Hall–Kier alpha value is -3.36. The number of hydrogen-bond acceptors (Lipinski definition) is 5. The molecule has 1 saturated heterocycles. The highest BCUT2D eigenvalue weighted by Gasteiger charge is 2.47. The number of hydrogen-bond donors (Lipinski definition) is 2. The summed E-state index contributed by atoms with van der Waals surface area (Å²) in [7, 11) is 0. The molecule has 9 heteroatoms. The number of cyclic esters (lactones) is 1. The summed E-state index contributed by atoms with van der Waals surface area (Å²) in [5.74, 6) is -0.286. The normalized spacial score (nSPS) is 17.4. The summed E-state index contributed by atoms with van der Waals surface area (Å²) in [6, 6.07) is 16.8. The van der Waals surface area contributed by atoms with Gasteiger partial charge in [0.1, 0.15) is 0 Å². The fourth-order valence-corrected chi connectivity index (χ4v) is 4.68. The van der Waals surface area contributed by atoms with Crippen molar-refractivity contribution in [3.63, 3.8) is 0 Å². The molecule has 1 aliphatic heterocycles. The van der Waals surface area contributed by atoms with Gasteiger partial charge in [-0.05, 0) is 52.8 Å². The van der Waals surface area contributed by atoms with E-state index >= 15 is 0 Å². The predicted octanol–water partition coefficient (Wildman–Crippen LogP) is 5.49. The number of benzene rings is 2. The first-order valence-electron chi connectivity index (χ1n) is 11.3. The predicted molar refractivity (Wildman–Crippen MR) is 137 cm³/mol. The molecule has 0 spiro atoms. The lowest BCUT2D eigenvalue weighted by Crippen LogP contribution is -2.47. The minimum absolute atomic E-state index is 0.171. The van der Waals surface area contributed by atoms with Gasteiger partial charge in [0.25, 0.3) is 5.91 Å². The van der Waals surface area contributed by atoms with Crippen LogP contribution in [0.2, 0.25) is 5.02 Å². The summed E-state index contributed by atoms with van der Waals surface area (Å²) in [6.45, 7) is 4.64. The number of anilines is 1. The molecule has 0 aliphatic carbocycles. The van der Waals surface area contributed by atoms with Crippen molar-refractivity contribution in [2.45, 2.75) is 32.5 Å². The van der Waals surface area contributed by atoms with E-state index in [9.17, 15) is 14.4 Å². The molecule has 2 atom stereocenters. The minimum atomic E-state index is -0.886. The molecule has 0 radical (unpaired) electrons. The maximum absolute atomic E-state index is 13.3. The first-order chi connectivity index (χ1) is 16.8. The van der Waals surface area contributed by atoms with Crippen LogP contribution in [-0.2, 0) is 16.1 Å². The summed E-state index contributed by atoms with van der Waals surface area (Å²) in [6.07, 6.45) is -1.43. The molecule has 7 nitrogen and oxygen atoms in total. The van der Waals surface area contributed by atoms with Crippen molar-refractivity contribution >= 4 is 46.5 Å². The first-order valence-corrected chi connectivity index (χ1v) is 12.5. The number of nitrogens with zero attached hydrogens (tertiary/aromatic N) is 1. The first kappa shape index (κ1) is 24.8. The van der Waals surface area contributed by atoms with Crippen molar-refractivity contribution in [3.8, 4) is 0 Å². The second kappa shape index (κ2) is 10.9. The molecular formula is C26H26ClN3O4S. The SMILES string of the molecule is CC(C)CNC(=O)[C@H]1[C@H](c2cccc(NC(=O)c3cccs3)c2)OC(=O)N1Cc1cccc(Cl)c1. The van der Waals surface area contributed by atoms with Gasteiger partial charge in [0.05, 0.1) is 11.4 Å². The van der Waals surface area contributed by atoms with Gasteiger partial charge in [-0.25, -0.2) is 4.79 Å². The molecule has 0 saturated carbocycles. The number of nitrogens with one attached hydrogen (secondary N) is 2.